The molecule has 0 aliphatic carbocycles. The molecule has 2 aromatic heterocycles. The Balaban J connectivity index is 1.10. The van der Waals surface area contributed by atoms with Gasteiger partial charge < -0.3 is 13.7 Å². The number of aryl methyl sites for hydroxylation is 1. The lowest BCUT2D eigenvalue weighted by Gasteiger charge is -2.33. The van der Waals surface area contributed by atoms with Crippen LogP contribution in [0.4, 0.5) is 0 Å². The van der Waals surface area contributed by atoms with Crippen molar-refractivity contribution in [3.05, 3.63) is 89.4 Å². The standard InChI is InChI=1S/C27H27N3O3S/c1-20-9-11-24-23(18-20)28-27(33-24)34-19-22-10-12-25(32-22)26(31)30-16-14-29(15-17-30)13-5-8-21-6-3-2-4-7-21/h2-12,18H,13-17,19H2,1H3/b8-5+. The fourth-order valence-electron chi connectivity index (χ4n) is 3.97. The fraction of sp³-hybridized carbons (Fsp3) is 0.259. The summed E-state index contributed by atoms with van der Waals surface area (Å²) >= 11 is 1.46. The van der Waals surface area contributed by atoms with Gasteiger partial charge in [-0.3, -0.25) is 9.69 Å². The first-order valence-corrected chi connectivity index (χ1v) is 12.4. The maximum Gasteiger partial charge on any atom is 0.289 e. The second kappa shape index (κ2) is 10.3. The monoisotopic (exact) mass is 473 g/mol. The number of furan rings is 1. The van der Waals surface area contributed by atoms with Crippen LogP contribution in [0.2, 0.25) is 0 Å². The van der Waals surface area contributed by atoms with E-state index < -0.39 is 0 Å². The third-order valence-corrected chi connectivity index (χ3v) is 6.72. The second-order valence-electron chi connectivity index (χ2n) is 8.41. The minimum atomic E-state index is -0.0481. The number of hydrogen-bond donors (Lipinski definition) is 0. The van der Waals surface area contributed by atoms with Crippen LogP contribution in [-0.4, -0.2) is 53.4 Å². The molecule has 174 valence electrons. The molecule has 34 heavy (non-hydrogen) atoms. The molecule has 0 atom stereocenters. The highest BCUT2D eigenvalue weighted by atomic mass is 32.2. The number of piperazine rings is 1. The molecule has 3 heterocycles. The number of hydrogen-bond acceptors (Lipinski definition) is 6. The molecule has 1 saturated heterocycles. The number of carbonyl (C=O) groups is 1. The van der Waals surface area contributed by atoms with Crippen LogP contribution in [-0.2, 0) is 5.75 Å². The predicted molar refractivity (Wildman–Crippen MR) is 135 cm³/mol. The SMILES string of the molecule is Cc1ccc2oc(SCc3ccc(C(=O)N4CCN(C/C=C/c5ccccc5)CC4)o3)nc2c1. The van der Waals surface area contributed by atoms with Crippen molar-refractivity contribution in [3.8, 4) is 0 Å². The van der Waals surface area contributed by atoms with Crippen LogP contribution < -0.4 is 0 Å². The molecule has 7 heteroatoms. The van der Waals surface area contributed by atoms with Crippen LogP contribution in [0.1, 0.15) is 27.4 Å². The largest absolute Gasteiger partial charge is 0.455 e. The van der Waals surface area contributed by atoms with Crippen LogP contribution in [0.3, 0.4) is 0 Å². The number of rotatable bonds is 7. The van der Waals surface area contributed by atoms with E-state index in [2.05, 4.69) is 34.2 Å². The Labute approximate surface area is 203 Å². The molecule has 6 nitrogen and oxygen atoms in total. The summed E-state index contributed by atoms with van der Waals surface area (Å²) in [6, 6.07) is 19.9. The van der Waals surface area contributed by atoms with Gasteiger partial charge in [0.15, 0.2) is 11.3 Å². The van der Waals surface area contributed by atoms with Crippen molar-refractivity contribution in [3.63, 3.8) is 0 Å². The Morgan fingerprint density at radius 1 is 1.03 bits per heavy atom. The maximum absolute atomic E-state index is 12.9. The second-order valence-corrected chi connectivity index (χ2v) is 9.34. The topological polar surface area (TPSA) is 62.7 Å². The van der Waals surface area contributed by atoms with E-state index in [0.29, 0.717) is 29.8 Å². The number of oxazole rings is 1. The van der Waals surface area contributed by atoms with E-state index in [1.54, 1.807) is 6.07 Å². The zero-order valence-corrected chi connectivity index (χ0v) is 20.0. The molecule has 0 saturated carbocycles. The van der Waals surface area contributed by atoms with Gasteiger partial charge in [0.25, 0.3) is 11.1 Å². The summed E-state index contributed by atoms with van der Waals surface area (Å²) in [6.45, 7) is 6.02. The lowest BCUT2D eigenvalue weighted by Crippen LogP contribution is -2.48. The van der Waals surface area contributed by atoms with E-state index in [0.717, 1.165) is 42.1 Å². The number of carbonyl (C=O) groups excluding carboxylic acids is 1. The molecule has 1 fully saturated rings. The number of nitrogens with zero attached hydrogens (tertiary/aromatic N) is 3. The summed E-state index contributed by atoms with van der Waals surface area (Å²) in [7, 11) is 0. The lowest BCUT2D eigenvalue weighted by atomic mass is 10.2. The summed E-state index contributed by atoms with van der Waals surface area (Å²) in [6.07, 6.45) is 4.32. The molecule has 0 unspecified atom stereocenters. The van der Waals surface area contributed by atoms with E-state index in [1.807, 2.05) is 54.3 Å². The quantitative estimate of drug-likeness (QED) is 0.331. The highest BCUT2D eigenvalue weighted by Gasteiger charge is 2.24. The number of benzene rings is 2. The summed E-state index contributed by atoms with van der Waals surface area (Å²) in [5.41, 5.74) is 3.98. The Bertz CT molecular complexity index is 1290. The van der Waals surface area contributed by atoms with Crippen LogP contribution in [0, 0.1) is 6.92 Å². The van der Waals surface area contributed by atoms with Crippen LogP contribution >= 0.6 is 11.8 Å². The zero-order chi connectivity index (χ0) is 23.3. The minimum Gasteiger partial charge on any atom is -0.455 e. The fourth-order valence-corrected chi connectivity index (χ4v) is 4.71. The Morgan fingerprint density at radius 2 is 1.85 bits per heavy atom. The smallest absolute Gasteiger partial charge is 0.289 e. The number of fused-ring (bicyclic) bond motifs is 1. The van der Waals surface area contributed by atoms with Crippen molar-refractivity contribution in [2.24, 2.45) is 0 Å². The minimum absolute atomic E-state index is 0.0481. The molecule has 0 N–H and O–H groups in total. The van der Waals surface area contributed by atoms with Gasteiger partial charge in [-0.15, -0.1) is 0 Å². The lowest BCUT2D eigenvalue weighted by molar-refractivity contribution is 0.0617. The molecule has 4 aromatic rings. The third kappa shape index (κ3) is 5.43. The van der Waals surface area contributed by atoms with Crippen molar-refractivity contribution in [2.45, 2.75) is 17.9 Å². The number of thioether (sulfide) groups is 1. The highest BCUT2D eigenvalue weighted by molar-refractivity contribution is 7.98. The molecular formula is C27H27N3O3S. The molecule has 0 radical (unpaired) electrons. The van der Waals surface area contributed by atoms with Gasteiger partial charge in [0, 0.05) is 32.7 Å². The number of aromatic nitrogens is 1. The van der Waals surface area contributed by atoms with Crippen LogP contribution in [0.15, 0.2) is 80.8 Å². The Kier molecular flexibility index (Phi) is 6.83. The summed E-state index contributed by atoms with van der Waals surface area (Å²) in [5, 5.41) is 0.599. The van der Waals surface area contributed by atoms with Crippen LogP contribution in [0.25, 0.3) is 17.2 Å². The first kappa shape index (κ1) is 22.5. The number of amides is 1. The van der Waals surface area contributed by atoms with Gasteiger partial charge >= 0.3 is 0 Å². The van der Waals surface area contributed by atoms with Crippen molar-refractivity contribution >= 4 is 34.8 Å². The maximum atomic E-state index is 12.9. The van der Waals surface area contributed by atoms with Gasteiger partial charge in [-0.1, -0.05) is 60.3 Å². The van der Waals surface area contributed by atoms with Gasteiger partial charge in [-0.05, 0) is 42.3 Å². The normalized spacial score (nSPS) is 14.9. The Hall–Kier alpha value is -3.29. The van der Waals surface area contributed by atoms with Gasteiger partial charge in [0.2, 0.25) is 0 Å². The van der Waals surface area contributed by atoms with E-state index in [-0.39, 0.29) is 5.91 Å². The van der Waals surface area contributed by atoms with Crippen molar-refractivity contribution in [1.82, 2.24) is 14.8 Å². The predicted octanol–water partition coefficient (Wildman–Crippen LogP) is 5.49. The van der Waals surface area contributed by atoms with Gasteiger partial charge in [-0.25, -0.2) is 4.98 Å². The van der Waals surface area contributed by atoms with E-state index in [4.69, 9.17) is 8.83 Å². The molecule has 1 aliphatic rings. The molecule has 0 spiro atoms. The van der Waals surface area contributed by atoms with Crippen LogP contribution in [0.5, 0.6) is 0 Å². The highest BCUT2D eigenvalue weighted by Crippen LogP contribution is 2.27. The summed E-state index contributed by atoms with van der Waals surface area (Å²) < 4.78 is 11.6. The van der Waals surface area contributed by atoms with Crippen molar-refractivity contribution in [1.29, 1.82) is 0 Å². The first-order valence-electron chi connectivity index (χ1n) is 11.5. The molecule has 2 aromatic carbocycles. The molecule has 5 rings (SSSR count). The van der Waals surface area contributed by atoms with Gasteiger partial charge in [0.05, 0.1) is 5.75 Å². The van der Waals surface area contributed by atoms with Crippen molar-refractivity contribution in [2.75, 3.05) is 32.7 Å². The first-order chi connectivity index (χ1) is 16.6. The molecule has 1 amide bonds. The average Bonchev–Trinajstić information content (AvgIpc) is 3.50. The zero-order valence-electron chi connectivity index (χ0n) is 19.1. The summed E-state index contributed by atoms with van der Waals surface area (Å²) in [5.74, 6) is 1.63. The average molecular weight is 474 g/mol. The van der Waals surface area contributed by atoms with E-state index in [9.17, 15) is 4.79 Å². The van der Waals surface area contributed by atoms with Gasteiger partial charge in [0.1, 0.15) is 11.3 Å². The van der Waals surface area contributed by atoms with E-state index >= 15 is 0 Å². The van der Waals surface area contributed by atoms with E-state index in [1.165, 1.54) is 17.3 Å². The van der Waals surface area contributed by atoms with Gasteiger partial charge in [-0.2, -0.15) is 0 Å². The summed E-state index contributed by atoms with van der Waals surface area (Å²) in [4.78, 5) is 21.7. The molecule has 1 aliphatic heterocycles. The molecular weight excluding hydrogens is 446 g/mol. The van der Waals surface area contributed by atoms with Crippen molar-refractivity contribution < 1.29 is 13.6 Å². The third-order valence-electron chi connectivity index (χ3n) is 5.87. The molecule has 0 bridgehead atoms. The Morgan fingerprint density at radius 3 is 2.68 bits per heavy atom.